The molecule has 4 rings (SSSR count). The van der Waals surface area contributed by atoms with E-state index in [2.05, 4.69) is 10.3 Å². The number of rotatable bonds is 5. The number of carbonyl (C=O) groups is 2. The molecule has 0 radical (unpaired) electrons. The maximum absolute atomic E-state index is 13.1. The highest BCUT2D eigenvalue weighted by molar-refractivity contribution is 7.14. The largest absolute Gasteiger partial charge is 0.336 e. The Hall–Kier alpha value is -2.81. The van der Waals surface area contributed by atoms with Gasteiger partial charge in [-0.3, -0.25) is 14.5 Å². The number of anilines is 1. The molecule has 3 aromatic rings. The summed E-state index contributed by atoms with van der Waals surface area (Å²) in [5.74, 6) is -0.489. The highest BCUT2D eigenvalue weighted by Crippen LogP contribution is 2.25. The second kappa shape index (κ2) is 9.55. The number of aromatic nitrogens is 1. The lowest BCUT2D eigenvalue weighted by Crippen LogP contribution is -2.50. The lowest BCUT2D eigenvalue weighted by molar-refractivity contribution is -0.117. The van der Waals surface area contributed by atoms with Crippen molar-refractivity contribution in [3.05, 3.63) is 70.3 Å². The number of carbonyl (C=O) groups excluding carboxylic acids is 2. The van der Waals surface area contributed by atoms with Crippen molar-refractivity contribution >= 4 is 39.9 Å². The van der Waals surface area contributed by atoms with Gasteiger partial charge in [-0.2, -0.15) is 0 Å². The summed E-state index contributed by atoms with van der Waals surface area (Å²) >= 11 is 7.20. The van der Waals surface area contributed by atoms with Gasteiger partial charge in [-0.1, -0.05) is 11.6 Å². The van der Waals surface area contributed by atoms with Crippen molar-refractivity contribution in [1.82, 2.24) is 14.8 Å². The quantitative estimate of drug-likeness (QED) is 0.627. The van der Waals surface area contributed by atoms with Crippen LogP contribution in [0.3, 0.4) is 0 Å². The Morgan fingerprint density at radius 3 is 2.39 bits per heavy atom. The fraction of sp³-hybridized carbons (Fsp3) is 0.227. The van der Waals surface area contributed by atoms with Crippen LogP contribution >= 0.6 is 22.9 Å². The normalized spacial score (nSPS) is 14.5. The minimum atomic E-state index is -0.303. The van der Waals surface area contributed by atoms with Gasteiger partial charge in [0.2, 0.25) is 5.91 Å². The summed E-state index contributed by atoms with van der Waals surface area (Å²) in [6, 6.07) is 12.9. The molecule has 0 aliphatic carbocycles. The maximum Gasteiger partial charge on any atom is 0.253 e. The third-order valence-electron chi connectivity index (χ3n) is 5.01. The smallest absolute Gasteiger partial charge is 0.253 e. The van der Waals surface area contributed by atoms with Gasteiger partial charge in [-0.15, -0.1) is 11.3 Å². The van der Waals surface area contributed by atoms with Gasteiger partial charge in [0.05, 0.1) is 12.2 Å². The molecule has 2 heterocycles. The van der Waals surface area contributed by atoms with E-state index < -0.39 is 0 Å². The van der Waals surface area contributed by atoms with E-state index in [1.807, 2.05) is 10.3 Å². The van der Waals surface area contributed by atoms with Crippen LogP contribution in [0.2, 0.25) is 5.02 Å². The van der Waals surface area contributed by atoms with E-state index in [0.717, 1.165) is 5.56 Å². The lowest BCUT2D eigenvalue weighted by atomic mass is 10.2. The van der Waals surface area contributed by atoms with Gasteiger partial charge in [-0.05, 0) is 48.5 Å². The van der Waals surface area contributed by atoms with Crippen LogP contribution in [0, 0.1) is 5.82 Å². The van der Waals surface area contributed by atoms with E-state index >= 15 is 0 Å². The lowest BCUT2D eigenvalue weighted by Gasteiger charge is -2.34. The topological polar surface area (TPSA) is 65.5 Å². The predicted molar refractivity (Wildman–Crippen MR) is 120 cm³/mol. The number of thiazole rings is 1. The number of nitrogens with one attached hydrogen (secondary N) is 1. The van der Waals surface area contributed by atoms with E-state index in [1.165, 1.54) is 23.5 Å². The number of halogens is 2. The van der Waals surface area contributed by atoms with Gasteiger partial charge in [0.15, 0.2) is 5.13 Å². The maximum atomic E-state index is 13.1. The molecule has 1 aliphatic rings. The van der Waals surface area contributed by atoms with Gasteiger partial charge in [-0.25, -0.2) is 9.37 Å². The van der Waals surface area contributed by atoms with Crippen molar-refractivity contribution in [2.24, 2.45) is 0 Å². The summed E-state index contributed by atoms with van der Waals surface area (Å²) in [5.41, 5.74) is 2.09. The minimum absolute atomic E-state index is 0.0307. The van der Waals surface area contributed by atoms with Gasteiger partial charge in [0.1, 0.15) is 5.82 Å². The van der Waals surface area contributed by atoms with Gasteiger partial charge in [0.25, 0.3) is 5.91 Å². The SMILES string of the molecule is O=C(CN1CCN(C(=O)c2ccc(Cl)cc2)CC1)Nc1nc(-c2ccc(F)cc2)cs1. The Kier molecular flexibility index (Phi) is 6.60. The second-order valence-electron chi connectivity index (χ2n) is 7.17. The van der Waals surface area contributed by atoms with E-state index in [9.17, 15) is 14.0 Å². The van der Waals surface area contributed by atoms with Crippen LogP contribution in [0.25, 0.3) is 11.3 Å². The Morgan fingerprint density at radius 1 is 1.03 bits per heavy atom. The summed E-state index contributed by atoms with van der Waals surface area (Å²) in [7, 11) is 0. The van der Waals surface area contributed by atoms with E-state index in [1.54, 1.807) is 41.3 Å². The van der Waals surface area contributed by atoms with Crippen LogP contribution < -0.4 is 5.32 Å². The van der Waals surface area contributed by atoms with Crippen LogP contribution in [-0.4, -0.2) is 59.3 Å². The molecule has 0 atom stereocenters. The van der Waals surface area contributed by atoms with Gasteiger partial charge < -0.3 is 10.2 Å². The number of nitrogens with zero attached hydrogens (tertiary/aromatic N) is 3. The first-order valence-corrected chi connectivity index (χ1v) is 11.0. The van der Waals surface area contributed by atoms with Crippen molar-refractivity contribution in [3.8, 4) is 11.3 Å². The van der Waals surface area contributed by atoms with Gasteiger partial charge in [0, 0.05) is 47.7 Å². The fourth-order valence-electron chi connectivity index (χ4n) is 3.33. The second-order valence-corrected chi connectivity index (χ2v) is 8.46. The predicted octanol–water partition coefficient (Wildman–Crippen LogP) is 4.00. The number of amides is 2. The first-order chi connectivity index (χ1) is 15.0. The average molecular weight is 459 g/mol. The first-order valence-electron chi connectivity index (χ1n) is 9.76. The molecule has 0 spiro atoms. The molecule has 2 amide bonds. The zero-order valence-corrected chi connectivity index (χ0v) is 18.1. The third kappa shape index (κ3) is 5.46. The molecule has 0 unspecified atom stereocenters. The summed E-state index contributed by atoms with van der Waals surface area (Å²) in [6.45, 7) is 2.58. The molecule has 2 aromatic carbocycles. The third-order valence-corrected chi connectivity index (χ3v) is 6.02. The number of hydrogen-bond donors (Lipinski definition) is 1. The van der Waals surface area contributed by atoms with Crippen LogP contribution in [-0.2, 0) is 4.79 Å². The Balaban J connectivity index is 1.26. The molecule has 1 aliphatic heterocycles. The Labute approximate surface area is 188 Å². The van der Waals surface area contributed by atoms with Crippen LogP contribution in [0.1, 0.15) is 10.4 Å². The van der Waals surface area contributed by atoms with Gasteiger partial charge >= 0.3 is 0 Å². The monoisotopic (exact) mass is 458 g/mol. The molecule has 1 aromatic heterocycles. The van der Waals surface area contributed by atoms with E-state index in [0.29, 0.717) is 47.6 Å². The van der Waals surface area contributed by atoms with E-state index in [4.69, 9.17) is 11.6 Å². The first kappa shape index (κ1) is 21.4. The highest BCUT2D eigenvalue weighted by atomic mass is 35.5. The van der Waals surface area contributed by atoms with Crippen molar-refractivity contribution < 1.29 is 14.0 Å². The molecular weight excluding hydrogens is 439 g/mol. The zero-order valence-electron chi connectivity index (χ0n) is 16.6. The van der Waals surface area contributed by atoms with E-state index in [-0.39, 0.29) is 24.2 Å². The molecule has 31 heavy (non-hydrogen) atoms. The number of hydrogen-bond acceptors (Lipinski definition) is 5. The average Bonchev–Trinajstić information content (AvgIpc) is 3.23. The molecule has 6 nitrogen and oxygen atoms in total. The standard InChI is InChI=1S/C22H20ClFN4O2S/c23-17-5-1-16(2-6-17)21(30)28-11-9-27(10-12-28)13-20(29)26-22-25-19(14-31-22)15-3-7-18(24)8-4-15/h1-8,14H,9-13H2,(H,25,26,29). The molecule has 0 bridgehead atoms. The van der Waals surface area contributed by atoms with Crippen molar-refractivity contribution in [1.29, 1.82) is 0 Å². The molecular formula is C22H20ClFN4O2S. The van der Waals surface area contributed by atoms with Crippen LogP contribution in [0.4, 0.5) is 9.52 Å². The van der Waals surface area contributed by atoms with Crippen molar-refractivity contribution in [3.63, 3.8) is 0 Å². The molecule has 1 fully saturated rings. The molecule has 1 N–H and O–H groups in total. The zero-order chi connectivity index (χ0) is 21.8. The fourth-order valence-corrected chi connectivity index (χ4v) is 4.19. The summed E-state index contributed by atoms with van der Waals surface area (Å²) in [5, 5.41) is 5.73. The van der Waals surface area contributed by atoms with Crippen molar-refractivity contribution in [2.75, 3.05) is 38.0 Å². The highest BCUT2D eigenvalue weighted by Gasteiger charge is 2.23. The summed E-state index contributed by atoms with van der Waals surface area (Å²) in [4.78, 5) is 33.2. The summed E-state index contributed by atoms with van der Waals surface area (Å²) < 4.78 is 13.1. The molecule has 160 valence electrons. The number of benzene rings is 2. The van der Waals surface area contributed by atoms with Crippen LogP contribution in [0.5, 0.6) is 0 Å². The molecule has 9 heteroatoms. The van der Waals surface area contributed by atoms with Crippen LogP contribution in [0.15, 0.2) is 53.9 Å². The summed E-state index contributed by atoms with van der Waals surface area (Å²) in [6.07, 6.45) is 0. The number of piperazine rings is 1. The molecule has 0 saturated carbocycles. The Bertz CT molecular complexity index is 1060. The minimum Gasteiger partial charge on any atom is -0.336 e. The van der Waals surface area contributed by atoms with Crippen molar-refractivity contribution in [2.45, 2.75) is 0 Å². The molecule has 1 saturated heterocycles. The Morgan fingerprint density at radius 2 is 1.71 bits per heavy atom.